The van der Waals surface area contributed by atoms with Crippen LogP contribution in [0, 0.1) is 5.41 Å². The topological polar surface area (TPSA) is 85.0 Å². The molecule has 4 aliphatic rings. The molecule has 3 heterocycles. The number of carbonyl (C=O) groups excluding carboxylic acids is 3. The predicted molar refractivity (Wildman–Crippen MR) is 149 cm³/mol. The highest BCUT2D eigenvalue weighted by atomic mass is 35.5. The molecule has 0 unspecified atom stereocenters. The number of benzene rings is 1. The molecule has 0 aromatic heterocycles. The lowest BCUT2D eigenvalue weighted by molar-refractivity contribution is -0.147. The highest BCUT2D eigenvalue weighted by Crippen LogP contribution is 2.42. The average Bonchev–Trinajstić information content (AvgIpc) is 3.22. The van der Waals surface area contributed by atoms with Crippen LogP contribution in [0.25, 0.3) is 0 Å². The lowest BCUT2D eigenvalue weighted by atomic mass is 9.74. The molecule has 0 radical (unpaired) electrons. The monoisotopic (exact) mass is 543 g/mol. The minimum absolute atomic E-state index is 0.0501. The zero-order valence-corrected chi connectivity index (χ0v) is 23.4. The van der Waals surface area contributed by atoms with Crippen molar-refractivity contribution in [3.8, 4) is 0 Å². The summed E-state index contributed by atoms with van der Waals surface area (Å²) in [6.45, 7) is 7.62. The van der Waals surface area contributed by atoms with Crippen molar-refractivity contribution in [3.05, 3.63) is 29.3 Å². The number of nitrogens with one attached hydrogen (secondary N) is 2. The summed E-state index contributed by atoms with van der Waals surface area (Å²) in [6, 6.07) is 8.24. The minimum Gasteiger partial charge on any atom is -0.369 e. The third-order valence-corrected chi connectivity index (χ3v) is 9.57. The van der Waals surface area contributed by atoms with Crippen molar-refractivity contribution in [1.82, 2.24) is 20.4 Å². The lowest BCUT2D eigenvalue weighted by Crippen LogP contribution is -2.61. The minimum atomic E-state index is -0.758. The van der Waals surface area contributed by atoms with Crippen LogP contribution in [0.4, 0.5) is 5.69 Å². The fraction of sp³-hybridized carbons (Fsp3) is 0.690. The fourth-order valence-electron chi connectivity index (χ4n) is 7.13. The Morgan fingerprint density at radius 1 is 1.03 bits per heavy atom. The molecule has 3 amide bonds. The quantitative estimate of drug-likeness (QED) is 0.575. The fourth-order valence-corrected chi connectivity index (χ4v) is 7.31. The van der Waals surface area contributed by atoms with Crippen LogP contribution >= 0.6 is 11.6 Å². The van der Waals surface area contributed by atoms with Gasteiger partial charge in [0.1, 0.15) is 5.54 Å². The van der Waals surface area contributed by atoms with Gasteiger partial charge in [-0.2, -0.15) is 0 Å². The van der Waals surface area contributed by atoms with E-state index in [0.717, 1.165) is 69.9 Å². The number of piperazine rings is 1. The van der Waals surface area contributed by atoms with Gasteiger partial charge in [0.05, 0.1) is 5.41 Å². The summed E-state index contributed by atoms with van der Waals surface area (Å²) >= 11 is 6.17. The molecule has 1 atom stereocenters. The molecule has 8 nitrogen and oxygen atoms in total. The van der Waals surface area contributed by atoms with Gasteiger partial charge in [0.15, 0.2) is 0 Å². The van der Waals surface area contributed by atoms with Crippen molar-refractivity contribution >= 4 is 35.0 Å². The van der Waals surface area contributed by atoms with Gasteiger partial charge in [-0.05, 0) is 56.7 Å². The van der Waals surface area contributed by atoms with E-state index in [2.05, 4.69) is 26.5 Å². The summed E-state index contributed by atoms with van der Waals surface area (Å²) < 4.78 is 0. The van der Waals surface area contributed by atoms with Crippen molar-refractivity contribution < 1.29 is 14.4 Å². The van der Waals surface area contributed by atoms with Gasteiger partial charge in [-0.3, -0.25) is 19.3 Å². The van der Waals surface area contributed by atoms with E-state index in [4.69, 9.17) is 11.6 Å². The Labute approximate surface area is 231 Å². The van der Waals surface area contributed by atoms with Crippen LogP contribution in [0.3, 0.4) is 0 Å². The van der Waals surface area contributed by atoms with Gasteiger partial charge in [0.25, 0.3) is 0 Å². The Morgan fingerprint density at radius 3 is 2.39 bits per heavy atom. The summed E-state index contributed by atoms with van der Waals surface area (Å²) in [5, 5.41) is 7.06. The number of rotatable bonds is 6. The molecule has 1 aromatic carbocycles. The zero-order valence-electron chi connectivity index (χ0n) is 22.6. The number of hydrogen-bond donors (Lipinski definition) is 2. The summed E-state index contributed by atoms with van der Waals surface area (Å²) in [6.07, 6.45) is 7.67. The molecule has 0 bridgehead atoms. The van der Waals surface area contributed by atoms with Crippen LogP contribution in [-0.4, -0.2) is 84.9 Å². The highest BCUT2D eigenvalue weighted by Gasteiger charge is 2.51. The number of anilines is 1. The molecular formula is C29H42ClN5O3. The number of hydrogen-bond acceptors (Lipinski definition) is 5. The molecule has 1 aliphatic carbocycles. The molecule has 1 aromatic rings. The second kappa shape index (κ2) is 11.4. The van der Waals surface area contributed by atoms with Crippen molar-refractivity contribution in [2.24, 2.45) is 5.41 Å². The van der Waals surface area contributed by atoms with Gasteiger partial charge in [0, 0.05) is 69.5 Å². The van der Waals surface area contributed by atoms with Crippen LogP contribution in [0.1, 0.15) is 64.7 Å². The molecule has 4 fully saturated rings. The molecule has 5 rings (SSSR count). The molecule has 38 heavy (non-hydrogen) atoms. The normalized spacial score (nSPS) is 25.3. The standard InChI is InChI=1S/C29H42ClN5O3/c1-22(36)32-29(9-3-2-4-10-29)27(38)35-14-11-28(12-15-35)21-24(31-26(28)37)8-13-33-16-18-34(19-17-33)25-7-5-6-23(30)20-25/h5-7,20,24H,2-4,8-19,21H2,1H3,(H,31,37)(H,32,36)/t24-/m0/s1. The summed E-state index contributed by atoms with van der Waals surface area (Å²) in [4.78, 5) is 45.4. The smallest absolute Gasteiger partial charge is 0.248 e. The zero-order chi connectivity index (χ0) is 26.8. The van der Waals surface area contributed by atoms with E-state index in [9.17, 15) is 14.4 Å². The number of halogens is 1. The number of likely N-dealkylation sites (tertiary alicyclic amines) is 1. The first-order chi connectivity index (χ1) is 18.3. The lowest BCUT2D eigenvalue weighted by Gasteiger charge is -2.44. The predicted octanol–water partition coefficient (Wildman–Crippen LogP) is 3.19. The Kier molecular flexibility index (Phi) is 8.19. The Hall–Kier alpha value is -2.32. The third kappa shape index (κ3) is 5.81. The largest absolute Gasteiger partial charge is 0.369 e. The van der Waals surface area contributed by atoms with Gasteiger partial charge in [0.2, 0.25) is 17.7 Å². The second-order valence-electron chi connectivity index (χ2n) is 11.9. The van der Waals surface area contributed by atoms with Crippen LogP contribution in [-0.2, 0) is 14.4 Å². The molecular weight excluding hydrogens is 502 g/mol. The van der Waals surface area contributed by atoms with E-state index in [1.54, 1.807) is 0 Å². The molecule has 1 spiro atoms. The van der Waals surface area contributed by atoms with E-state index >= 15 is 0 Å². The van der Waals surface area contributed by atoms with E-state index in [-0.39, 0.29) is 29.2 Å². The number of nitrogens with zero attached hydrogens (tertiary/aromatic N) is 3. The third-order valence-electron chi connectivity index (χ3n) is 9.33. The Balaban J connectivity index is 1.09. The maximum atomic E-state index is 13.6. The van der Waals surface area contributed by atoms with Gasteiger partial charge in [-0.15, -0.1) is 0 Å². The molecule has 1 saturated carbocycles. The SMILES string of the molecule is CC(=O)NC1(C(=O)N2CCC3(CC2)C[C@H](CCN2CCN(c4cccc(Cl)c4)CC2)NC3=O)CCCCC1. The van der Waals surface area contributed by atoms with Crippen LogP contribution < -0.4 is 15.5 Å². The molecule has 3 aliphatic heterocycles. The highest BCUT2D eigenvalue weighted by molar-refractivity contribution is 6.30. The molecule has 2 N–H and O–H groups in total. The second-order valence-corrected chi connectivity index (χ2v) is 12.3. The summed E-state index contributed by atoms with van der Waals surface area (Å²) in [5.41, 5.74) is 0.0604. The van der Waals surface area contributed by atoms with Crippen LogP contribution in [0.5, 0.6) is 0 Å². The summed E-state index contributed by atoms with van der Waals surface area (Å²) in [7, 11) is 0. The molecule has 9 heteroatoms. The first kappa shape index (κ1) is 27.3. The molecule has 208 valence electrons. The molecule has 3 saturated heterocycles. The van der Waals surface area contributed by atoms with Crippen molar-refractivity contribution in [3.63, 3.8) is 0 Å². The van der Waals surface area contributed by atoms with Crippen molar-refractivity contribution in [2.75, 3.05) is 50.7 Å². The van der Waals surface area contributed by atoms with Crippen LogP contribution in [0.2, 0.25) is 5.02 Å². The Bertz CT molecular complexity index is 1030. The van der Waals surface area contributed by atoms with Crippen LogP contribution in [0.15, 0.2) is 24.3 Å². The maximum Gasteiger partial charge on any atom is 0.248 e. The Morgan fingerprint density at radius 2 is 1.74 bits per heavy atom. The summed E-state index contributed by atoms with van der Waals surface area (Å²) in [5.74, 6) is 0.0707. The van der Waals surface area contributed by atoms with E-state index in [1.165, 1.54) is 12.6 Å². The van der Waals surface area contributed by atoms with E-state index in [1.807, 2.05) is 23.1 Å². The van der Waals surface area contributed by atoms with Gasteiger partial charge in [-0.25, -0.2) is 0 Å². The maximum absolute atomic E-state index is 13.6. The van der Waals surface area contributed by atoms with Crippen molar-refractivity contribution in [1.29, 1.82) is 0 Å². The van der Waals surface area contributed by atoms with Crippen molar-refractivity contribution in [2.45, 2.75) is 76.3 Å². The van der Waals surface area contributed by atoms with Gasteiger partial charge in [-0.1, -0.05) is 36.9 Å². The average molecular weight is 544 g/mol. The first-order valence-electron chi connectivity index (χ1n) is 14.4. The van der Waals surface area contributed by atoms with Gasteiger partial charge < -0.3 is 20.4 Å². The number of amides is 3. The van der Waals surface area contributed by atoms with E-state index < -0.39 is 5.54 Å². The number of carbonyl (C=O) groups is 3. The number of piperidine rings is 1. The van der Waals surface area contributed by atoms with Gasteiger partial charge >= 0.3 is 0 Å². The first-order valence-corrected chi connectivity index (χ1v) is 14.8. The van der Waals surface area contributed by atoms with E-state index in [0.29, 0.717) is 38.8 Å².